The Hall–Kier alpha value is -4.38. The van der Waals surface area contributed by atoms with Crippen molar-refractivity contribution in [2.75, 3.05) is 13.7 Å². The lowest BCUT2D eigenvalue weighted by Gasteiger charge is -2.22. The molecule has 2 aromatic carbocycles. The molecule has 11 heteroatoms. The van der Waals surface area contributed by atoms with Crippen molar-refractivity contribution in [3.8, 4) is 22.5 Å². The highest BCUT2D eigenvalue weighted by atomic mass is 16.5. The van der Waals surface area contributed by atoms with E-state index in [0.29, 0.717) is 42.6 Å². The smallest absolute Gasteiger partial charge is 0.332 e. The van der Waals surface area contributed by atoms with Crippen LogP contribution in [0, 0.1) is 5.92 Å². The molecule has 0 saturated heterocycles. The van der Waals surface area contributed by atoms with Crippen molar-refractivity contribution in [2.45, 2.75) is 70.5 Å². The van der Waals surface area contributed by atoms with Crippen LogP contribution in [0.1, 0.15) is 62.3 Å². The Kier molecular flexibility index (Phi) is 7.48. The van der Waals surface area contributed by atoms with E-state index in [9.17, 15) is 9.59 Å². The zero-order valence-electron chi connectivity index (χ0n) is 24.4. The molecule has 0 unspecified atom stereocenters. The van der Waals surface area contributed by atoms with E-state index in [-0.39, 0.29) is 23.7 Å². The summed E-state index contributed by atoms with van der Waals surface area (Å²) in [5.74, 6) is 2.26. The highest BCUT2D eigenvalue weighted by Gasteiger charge is 2.30. The summed E-state index contributed by atoms with van der Waals surface area (Å²) >= 11 is 0. The van der Waals surface area contributed by atoms with Gasteiger partial charge in [-0.15, -0.1) is 5.10 Å². The molecule has 11 nitrogen and oxygen atoms in total. The molecule has 5 aromatic rings. The quantitative estimate of drug-likeness (QED) is 0.260. The van der Waals surface area contributed by atoms with Gasteiger partial charge in [-0.05, 0) is 58.7 Å². The van der Waals surface area contributed by atoms with Crippen LogP contribution in [0.3, 0.4) is 0 Å². The van der Waals surface area contributed by atoms with Crippen molar-refractivity contribution < 1.29 is 4.74 Å². The fourth-order valence-electron chi connectivity index (χ4n) is 6.43. The van der Waals surface area contributed by atoms with Crippen LogP contribution in [0.25, 0.3) is 33.7 Å². The summed E-state index contributed by atoms with van der Waals surface area (Å²) in [5.41, 5.74) is 4.52. The molecule has 0 radical (unpaired) electrons. The molecule has 43 heavy (non-hydrogen) atoms. The van der Waals surface area contributed by atoms with E-state index in [1.807, 2.05) is 18.2 Å². The van der Waals surface area contributed by atoms with Crippen LogP contribution in [0.4, 0.5) is 0 Å². The summed E-state index contributed by atoms with van der Waals surface area (Å²) in [7, 11) is 1.59. The van der Waals surface area contributed by atoms with Crippen molar-refractivity contribution in [2.24, 2.45) is 5.92 Å². The summed E-state index contributed by atoms with van der Waals surface area (Å²) < 4.78 is 10.5. The van der Waals surface area contributed by atoms with Gasteiger partial charge in [-0.3, -0.25) is 13.9 Å². The average molecular weight is 581 g/mol. The summed E-state index contributed by atoms with van der Waals surface area (Å²) in [6, 6.07) is 16.4. The normalized spacial score (nSPS) is 15.8. The maximum atomic E-state index is 14.0. The van der Waals surface area contributed by atoms with Crippen LogP contribution in [-0.4, -0.2) is 53.0 Å². The molecule has 0 atom stereocenters. The van der Waals surface area contributed by atoms with Crippen molar-refractivity contribution in [1.82, 2.24) is 39.3 Å². The minimum Gasteiger partial charge on any atom is -0.383 e. The monoisotopic (exact) mass is 580 g/mol. The highest BCUT2D eigenvalue weighted by Crippen LogP contribution is 2.35. The standard InChI is InChI=1S/C32H36N8O3/c1-43-18-17-38-31(41)27-30(40(32(38)42)20-21-11-12-21)33-29(24-7-3-2-4-8-24)39(27)19-22-13-15-23(16-14-22)25-9-5-6-10-26(25)28-34-36-37-35-28/h5-6,9-10,13-16,21,24H,2-4,7-8,11-12,17-20H2,1H3,(H,34,35,36,37). The van der Waals surface area contributed by atoms with Gasteiger partial charge in [-0.2, -0.15) is 0 Å². The van der Waals surface area contributed by atoms with E-state index in [1.165, 1.54) is 11.0 Å². The van der Waals surface area contributed by atoms with E-state index >= 15 is 0 Å². The van der Waals surface area contributed by atoms with Gasteiger partial charge in [0, 0.05) is 31.7 Å². The van der Waals surface area contributed by atoms with Crippen molar-refractivity contribution in [3.63, 3.8) is 0 Å². The first kappa shape index (κ1) is 27.5. The second-order valence-electron chi connectivity index (χ2n) is 11.8. The first-order valence-corrected chi connectivity index (χ1v) is 15.3. The number of aromatic nitrogens is 8. The molecule has 0 spiro atoms. The number of fused-ring (bicyclic) bond motifs is 1. The van der Waals surface area contributed by atoms with Gasteiger partial charge < -0.3 is 9.30 Å². The summed E-state index contributed by atoms with van der Waals surface area (Å²) in [5, 5.41) is 14.4. The van der Waals surface area contributed by atoms with Gasteiger partial charge in [0.2, 0.25) is 0 Å². The summed E-state index contributed by atoms with van der Waals surface area (Å²) in [6.07, 6.45) is 7.80. The number of benzene rings is 2. The Morgan fingerprint density at radius 3 is 2.37 bits per heavy atom. The van der Waals surface area contributed by atoms with Crippen molar-refractivity contribution >= 4 is 11.2 Å². The number of nitrogens with zero attached hydrogens (tertiary/aromatic N) is 7. The number of imidazole rings is 1. The minimum atomic E-state index is -0.287. The second-order valence-corrected chi connectivity index (χ2v) is 11.8. The van der Waals surface area contributed by atoms with E-state index < -0.39 is 0 Å². The van der Waals surface area contributed by atoms with Crippen LogP contribution >= 0.6 is 0 Å². The van der Waals surface area contributed by atoms with E-state index in [2.05, 4.69) is 55.5 Å². The summed E-state index contributed by atoms with van der Waals surface area (Å²) in [6.45, 7) is 1.60. The number of hydrogen-bond donors (Lipinski definition) is 1. The number of aromatic amines is 1. The third kappa shape index (κ3) is 5.33. The second kappa shape index (κ2) is 11.7. The Morgan fingerprint density at radius 1 is 0.907 bits per heavy atom. The third-order valence-corrected chi connectivity index (χ3v) is 8.90. The maximum Gasteiger partial charge on any atom is 0.332 e. The van der Waals surface area contributed by atoms with Gasteiger partial charge in [-0.1, -0.05) is 67.8 Å². The Morgan fingerprint density at radius 2 is 1.67 bits per heavy atom. The molecule has 3 heterocycles. The number of hydrogen-bond acceptors (Lipinski definition) is 7. The van der Waals surface area contributed by atoms with E-state index in [0.717, 1.165) is 66.6 Å². The third-order valence-electron chi connectivity index (χ3n) is 8.90. The average Bonchev–Trinajstić information content (AvgIpc) is 3.54. The molecule has 0 aliphatic heterocycles. The Bertz CT molecular complexity index is 1840. The minimum absolute atomic E-state index is 0.216. The predicted molar refractivity (Wildman–Crippen MR) is 163 cm³/mol. The molecule has 2 aliphatic carbocycles. The first-order valence-electron chi connectivity index (χ1n) is 15.3. The number of nitrogens with one attached hydrogen (secondary N) is 1. The Labute approximate surface area is 248 Å². The van der Waals surface area contributed by atoms with Crippen molar-refractivity contribution in [1.29, 1.82) is 0 Å². The fraction of sp³-hybridized carbons (Fsp3) is 0.438. The Balaban J connectivity index is 1.33. The largest absolute Gasteiger partial charge is 0.383 e. The number of tetrazole rings is 1. The molecule has 222 valence electrons. The van der Waals surface area contributed by atoms with E-state index in [4.69, 9.17) is 9.72 Å². The molecule has 2 saturated carbocycles. The van der Waals surface area contributed by atoms with Crippen LogP contribution in [0.15, 0.2) is 58.1 Å². The number of methoxy groups -OCH3 is 1. The predicted octanol–water partition coefficient (Wildman–Crippen LogP) is 4.36. The van der Waals surface area contributed by atoms with Crippen LogP contribution in [-0.2, 0) is 24.4 Å². The zero-order valence-corrected chi connectivity index (χ0v) is 24.4. The molecule has 2 aliphatic rings. The number of H-pyrrole nitrogens is 1. The topological polar surface area (TPSA) is 126 Å². The fourth-order valence-corrected chi connectivity index (χ4v) is 6.43. The van der Waals surface area contributed by atoms with Gasteiger partial charge in [0.05, 0.1) is 13.2 Å². The molecule has 2 fully saturated rings. The highest BCUT2D eigenvalue weighted by molar-refractivity contribution is 5.80. The van der Waals surface area contributed by atoms with Gasteiger partial charge in [0.1, 0.15) is 5.82 Å². The lowest BCUT2D eigenvalue weighted by atomic mass is 9.88. The first-order chi connectivity index (χ1) is 21.1. The summed E-state index contributed by atoms with van der Waals surface area (Å²) in [4.78, 5) is 32.8. The van der Waals surface area contributed by atoms with Crippen LogP contribution in [0.5, 0.6) is 0 Å². The van der Waals surface area contributed by atoms with Crippen molar-refractivity contribution in [3.05, 3.63) is 80.8 Å². The lowest BCUT2D eigenvalue weighted by molar-refractivity contribution is 0.184. The van der Waals surface area contributed by atoms with Crippen LogP contribution in [0.2, 0.25) is 0 Å². The van der Waals surface area contributed by atoms with E-state index in [1.54, 1.807) is 11.7 Å². The molecule has 1 N–H and O–H groups in total. The number of ether oxygens (including phenoxy) is 1. The van der Waals surface area contributed by atoms with Gasteiger partial charge >= 0.3 is 5.69 Å². The molecule has 3 aromatic heterocycles. The van der Waals surface area contributed by atoms with Crippen LogP contribution < -0.4 is 11.2 Å². The molecule has 7 rings (SSSR count). The molecule has 0 amide bonds. The van der Waals surface area contributed by atoms with Gasteiger partial charge in [0.15, 0.2) is 17.0 Å². The molecular formula is C32H36N8O3. The van der Waals surface area contributed by atoms with Gasteiger partial charge in [0.25, 0.3) is 5.56 Å². The number of rotatable bonds is 10. The molecule has 0 bridgehead atoms. The maximum absolute atomic E-state index is 14.0. The SMILES string of the molecule is COCCn1c(=O)c2c(nc(C3CCCCC3)n2Cc2ccc(-c3ccccc3-c3nnn[nH]3)cc2)n(CC2CC2)c1=O. The lowest BCUT2D eigenvalue weighted by Crippen LogP contribution is -2.41. The van der Waals surface area contributed by atoms with Gasteiger partial charge in [-0.25, -0.2) is 14.9 Å². The molecular weight excluding hydrogens is 544 g/mol. The zero-order chi connectivity index (χ0) is 29.3.